The highest BCUT2D eigenvalue weighted by atomic mass is 19.1. The Balaban J connectivity index is 1.42. The van der Waals surface area contributed by atoms with Crippen molar-refractivity contribution in [3.63, 3.8) is 0 Å². The summed E-state index contributed by atoms with van der Waals surface area (Å²) in [7, 11) is 0. The Kier molecular flexibility index (Phi) is 8.57. The molecule has 1 unspecified atom stereocenters. The molecule has 0 aromatic heterocycles. The number of carbonyl (C=O) groups is 2. The van der Waals surface area contributed by atoms with Crippen LogP contribution in [-0.2, 0) is 20.9 Å². The first-order valence-electron chi connectivity index (χ1n) is 13.6. The summed E-state index contributed by atoms with van der Waals surface area (Å²) in [5.74, 6) is -1.84. The first-order chi connectivity index (χ1) is 19.4. The van der Waals surface area contributed by atoms with E-state index in [2.05, 4.69) is 0 Å². The lowest BCUT2D eigenvalue weighted by atomic mass is 9.94. The molecule has 0 saturated carbocycles. The third-order valence-corrected chi connectivity index (χ3v) is 7.54. The van der Waals surface area contributed by atoms with E-state index in [0.717, 1.165) is 25.2 Å². The number of carbonyl (C=O) groups excluding carboxylic acids is 2. The first kappa shape index (κ1) is 27.6. The minimum Gasteiger partial charge on any atom is -0.872 e. The zero-order chi connectivity index (χ0) is 28.1. The van der Waals surface area contributed by atoms with Crippen molar-refractivity contribution in [2.75, 3.05) is 39.4 Å². The van der Waals surface area contributed by atoms with Gasteiger partial charge < -0.3 is 24.4 Å². The molecular weight excluding hydrogens is 511 g/mol. The fourth-order valence-electron chi connectivity index (χ4n) is 5.37. The molecule has 2 heterocycles. The Morgan fingerprint density at radius 2 is 1.77 bits per heavy atom. The lowest BCUT2D eigenvalue weighted by Gasteiger charge is -2.29. The Bertz CT molecular complexity index is 1380. The average molecular weight is 545 g/mol. The van der Waals surface area contributed by atoms with Crippen molar-refractivity contribution in [2.45, 2.75) is 26.0 Å². The van der Waals surface area contributed by atoms with Crippen LogP contribution in [0.25, 0.3) is 5.76 Å². The number of ketones is 1. The van der Waals surface area contributed by atoms with E-state index in [9.17, 15) is 19.1 Å². The van der Waals surface area contributed by atoms with Gasteiger partial charge in [0.25, 0.3) is 5.91 Å². The number of morpholine rings is 1. The average Bonchev–Trinajstić information content (AvgIpc) is 3.22. The highest BCUT2D eigenvalue weighted by Crippen LogP contribution is 2.39. The quantitative estimate of drug-likeness (QED) is 0.254. The molecule has 2 aliphatic heterocycles. The molecule has 2 saturated heterocycles. The summed E-state index contributed by atoms with van der Waals surface area (Å²) < 4.78 is 25.1. The topological polar surface area (TPSA) is 83.3 Å². The van der Waals surface area contributed by atoms with Gasteiger partial charge in [0.1, 0.15) is 31.3 Å². The predicted molar refractivity (Wildman–Crippen MR) is 146 cm³/mol. The maximum Gasteiger partial charge on any atom is 0.295 e. The van der Waals surface area contributed by atoms with Crippen molar-refractivity contribution in [3.8, 4) is 5.75 Å². The van der Waals surface area contributed by atoms with Gasteiger partial charge in [0.05, 0.1) is 25.8 Å². The van der Waals surface area contributed by atoms with E-state index < -0.39 is 29.3 Å². The number of likely N-dealkylation sites (tertiary alicyclic amines) is 1. The van der Waals surface area contributed by atoms with Gasteiger partial charge in [-0.2, -0.15) is 0 Å². The molecule has 208 valence electrons. The maximum atomic E-state index is 13.9. The Hall–Kier alpha value is -4.01. The highest BCUT2D eigenvalue weighted by Gasteiger charge is 2.44. The second-order valence-electron chi connectivity index (χ2n) is 10.2. The standard InChI is InChI=1S/C32H33FN2O5/c1-22-20-26(40-21-23-6-3-2-4-7-23)12-13-27(22)30(36)28-29(24-8-10-25(33)11-9-24)35(32(38)31(28)37)15-5-14-34-16-18-39-19-17-34/h2-4,6-13,20,29,36H,5,14-19,21H2,1H3. The smallest absolute Gasteiger partial charge is 0.295 e. The third-order valence-electron chi connectivity index (χ3n) is 7.54. The Morgan fingerprint density at radius 3 is 2.48 bits per heavy atom. The molecule has 7 nitrogen and oxygen atoms in total. The number of hydrogen-bond acceptors (Lipinski definition) is 5. The molecule has 5 rings (SSSR count). The van der Waals surface area contributed by atoms with Gasteiger partial charge in [0.2, 0.25) is 5.78 Å². The molecule has 1 N–H and O–H groups in total. The number of hydrogen-bond donors (Lipinski definition) is 1. The van der Waals surface area contributed by atoms with Crippen molar-refractivity contribution >= 4 is 17.4 Å². The van der Waals surface area contributed by atoms with Crippen LogP contribution in [0.4, 0.5) is 4.39 Å². The summed E-state index contributed by atoms with van der Waals surface area (Å²) in [6.45, 7) is 6.51. The second-order valence-corrected chi connectivity index (χ2v) is 10.2. The van der Waals surface area contributed by atoms with E-state index in [0.29, 0.717) is 55.2 Å². The van der Waals surface area contributed by atoms with Gasteiger partial charge in [0.15, 0.2) is 0 Å². The SMILES string of the molecule is Cc1cc(OCc2ccccc2)ccc1C([O-])=C1C(=O)C(=O)N(CCC[NH+]2CCOCC2)C1c1ccc(F)cc1. The van der Waals surface area contributed by atoms with Gasteiger partial charge in [-0.1, -0.05) is 54.3 Å². The molecule has 40 heavy (non-hydrogen) atoms. The van der Waals surface area contributed by atoms with Crippen LogP contribution in [0.1, 0.15) is 34.7 Å². The van der Waals surface area contributed by atoms with Gasteiger partial charge in [-0.15, -0.1) is 0 Å². The minimum absolute atomic E-state index is 0.101. The Morgan fingerprint density at radius 1 is 1.05 bits per heavy atom. The number of rotatable bonds is 9. The molecule has 2 aliphatic rings. The molecular formula is C32H33FN2O5. The van der Waals surface area contributed by atoms with Crippen molar-refractivity contribution in [1.82, 2.24) is 4.90 Å². The van der Waals surface area contributed by atoms with Crippen LogP contribution in [0.3, 0.4) is 0 Å². The van der Waals surface area contributed by atoms with Gasteiger partial charge >= 0.3 is 0 Å². The number of quaternary nitrogens is 1. The molecule has 0 radical (unpaired) electrons. The summed E-state index contributed by atoms with van der Waals surface area (Å²) in [4.78, 5) is 29.4. The molecule has 2 fully saturated rings. The summed E-state index contributed by atoms with van der Waals surface area (Å²) in [5.41, 5.74) is 2.41. The van der Waals surface area contributed by atoms with E-state index in [1.165, 1.54) is 34.1 Å². The lowest BCUT2D eigenvalue weighted by Crippen LogP contribution is -3.14. The van der Waals surface area contributed by atoms with Crippen LogP contribution in [0.15, 0.2) is 78.4 Å². The van der Waals surface area contributed by atoms with Crippen LogP contribution in [0.2, 0.25) is 0 Å². The Labute approximate surface area is 233 Å². The van der Waals surface area contributed by atoms with E-state index >= 15 is 0 Å². The lowest BCUT2D eigenvalue weighted by molar-refractivity contribution is -0.908. The summed E-state index contributed by atoms with van der Waals surface area (Å²) in [6, 6.07) is 19.6. The fourth-order valence-corrected chi connectivity index (χ4v) is 5.37. The van der Waals surface area contributed by atoms with Gasteiger partial charge in [-0.05, 0) is 53.4 Å². The van der Waals surface area contributed by atoms with Crippen molar-refractivity contribution in [2.24, 2.45) is 0 Å². The zero-order valence-corrected chi connectivity index (χ0v) is 22.5. The number of amides is 1. The number of nitrogens with zero attached hydrogens (tertiary/aromatic N) is 1. The monoisotopic (exact) mass is 544 g/mol. The highest BCUT2D eigenvalue weighted by molar-refractivity contribution is 6.46. The van der Waals surface area contributed by atoms with Crippen molar-refractivity contribution in [1.29, 1.82) is 0 Å². The molecule has 1 atom stereocenters. The second kappa shape index (κ2) is 12.4. The molecule has 8 heteroatoms. The van der Waals surface area contributed by atoms with E-state index in [1.807, 2.05) is 30.3 Å². The number of aryl methyl sites for hydroxylation is 1. The first-order valence-corrected chi connectivity index (χ1v) is 13.6. The fraction of sp³-hybridized carbons (Fsp3) is 0.312. The minimum atomic E-state index is -0.874. The van der Waals surface area contributed by atoms with Crippen LogP contribution < -0.4 is 14.7 Å². The van der Waals surface area contributed by atoms with E-state index in [4.69, 9.17) is 9.47 Å². The molecule has 3 aromatic rings. The molecule has 0 aliphatic carbocycles. The molecule has 0 bridgehead atoms. The number of nitrogens with one attached hydrogen (secondary N) is 1. The molecule has 1 amide bonds. The number of ether oxygens (including phenoxy) is 2. The summed E-state index contributed by atoms with van der Waals surface area (Å²) in [5, 5.41) is 13.9. The largest absolute Gasteiger partial charge is 0.872 e. The van der Waals surface area contributed by atoms with Crippen molar-refractivity contribution in [3.05, 3.63) is 106 Å². The van der Waals surface area contributed by atoms with Crippen LogP contribution >= 0.6 is 0 Å². The van der Waals surface area contributed by atoms with E-state index in [-0.39, 0.29) is 5.57 Å². The number of halogens is 1. The molecule has 0 spiro atoms. The number of Topliss-reactive ketones (excluding diaryl/α,β-unsaturated/α-hetero) is 1. The van der Waals surface area contributed by atoms with Crippen molar-refractivity contribution < 1.29 is 33.5 Å². The van der Waals surface area contributed by atoms with Gasteiger partial charge in [-0.25, -0.2) is 4.39 Å². The third kappa shape index (κ3) is 6.08. The van der Waals surface area contributed by atoms with Crippen LogP contribution in [-0.4, -0.2) is 56.0 Å². The summed E-state index contributed by atoms with van der Waals surface area (Å²) in [6.07, 6.45) is 0.667. The van der Waals surface area contributed by atoms with Crippen LogP contribution in [0.5, 0.6) is 5.75 Å². The zero-order valence-electron chi connectivity index (χ0n) is 22.5. The number of benzene rings is 3. The van der Waals surface area contributed by atoms with Gasteiger partial charge in [-0.3, -0.25) is 9.59 Å². The maximum absolute atomic E-state index is 13.9. The van der Waals surface area contributed by atoms with Crippen LogP contribution in [0, 0.1) is 12.7 Å². The molecule has 3 aromatic carbocycles. The normalized spacial score (nSPS) is 19.2. The predicted octanol–water partition coefficient (Wildman–Crippen LogP) is 2.24. The summed E-state index contributed by atoms with van der Waals surface area (Å²) >= 11 is 0. The van der Waals surface area contributed by atoms with Gasteiger partial charge in [0, 0.05) is 18.5 Å². The van der Waals surface area contributed by atoms with E-state index in [1.54, 1.807) is 25.1 Å².